The number of anilines is 2. The number of nitrogens with one attached hydrogen (secondary N) is 2. The fourth-order valence-electron chi connectivity index (χ4n) is 3.63. The van der Waals surface area contributed by atoms with E-state index in [1.807, 2.05) is 12.1 Å². The van der Waals surface area contributed by atoms with E-state index in [0.29, 0.717) is 25.3 Å². The Balaban J connectivity index is 1.37. The zero-order valence-corrected chi connectivity index (χ0v) is 14.9. The Bertz CT molecular complexity index is 821. The molecule has 0 unspecified atom stereocenters. The highest BCUT2D eigenvalue weighted by atomic mass is 16.2. The minimum Gasteiger partial charge on any atom is -0.372 e. The van der Waals surface area contributed by atoms with E-state index in [0.717, 1.165) is 29.9 Å². The van der Waals surface area contributed by atoms with E-state index in [9.17, 15) is 9.59 Å². The quantitative estimate of drug-likeness (QED) is 0.881. The number of amides is 2. The van der Waals surface area contributed by atoms with Gasteiger partial charge in [0.1, 0.15) is 0 Å². The Labute approximate surface area is 152 Å². The number of hydrogen-bond donors (Lipinski definition) is 2. The predicted octanol–water partition coefficient (Wildman–Crippen LogP) is 2.05. The van der Waals surface area contributed by atoms with Gasteiger partial charge < -0.3 is 15.1 Å². The first-order chi connectivity index (χ1) is 12.6. The molecule has 2 aliphatic heterocycles. The van der Waals surface area contributed by atoms with Crippen LogP contribution in [0.15, 0.2) is 24.3 Å². The first-order valence-corrected chi connectivity index (χ1v) is 9.05. The van der Waals surface area contributed by atoms with Crippen LogP contribution in [-0.4, -0.2) is 40.0 Å². The zero-order chi connectivity index (χ0) is 18.1. The van der Waals surface area contributed by atoms with Crippen LogP contribution < -0.4 is 10.2 Å². The summed E-state index contributed by atoms with van der Waals surface area (Å²) in [5.74, 6) is 0.446. The molecule has 0 radical (unpaired) electrons. The van der Waals surface area contributed by atoms with Gasteiger partial charge in [-0.25, -0.2) is 0 Å². The Hall–Kier alpha value is -2.83. The van der Waals surface area contributed by atoms with Gasteiger partial charge >= 0.3 is 0 Å². The molecule has 0 spiro atoms. The molecule has 26 heavy (non-hydrogen) atoms. The summed E-state index contributed by atoms with van der Waals surface area (Å²) in [7, 11) is 0. The average Bonchev–Trinajstić information content (AvgIpc) is 3.33. The largest absolute Gasteiger partial charge is 0.372 e. The van der Waals surface area contributed by atoms with E-state index in [1.165, 1.54) is 18.5 Å². The predicted molar refractivity (Wildman–Crippen MR) is 98.7 cm³/mol. The Morgan fingerprint density at radius 2 is 1.88 bits per heavy atom. The minimum absolute atomic E-state index is 0.0185. The van der Waals surface area contributed by atoms with Gasteiger partial charge in [0.05, 0.1) is 25.2 Å². The molecule has 136 valence electrons. The van der Waals surface area contributed by atoms with Crippen molar-refractivity contribution in [2.45, 2.75) is 39.3 Å². The number of rotatable bonds is 4. The summed E-state index contributed by atoms with van der Waals surface area (Å²) < 4.78 is 0. The molecule has 0 atom stereocenters. The minimum atomic E-state index is -0.102. The van der Waals surface area contributed by atoms with Gasteiger partial charge in [0.25, 0.3) is 0 Å². The highest BCUT2D eigenvalue weighted by Gasteiger charge is 2.27. The Morgan fingerprint density at radius 1 is 1.15 bits per heavy atom. The number of carbonyl (C=O) groups excluding carboxylic acids is 2. The maximum Gasteiger partial charge on any atom is 0.230 e. The van der Waals surface area contributed by atoms with Crippen LogP contribution in [0.1, 0.15) is 36.6 Å². The lowest BCUT2D eigenvalue weighted by Crippen LogP contribution is -2.23. The van der Waals surface area contributed by atoms with E-state index in [4.69, 9.17) is 0 Å². The number of fused-ring (bicyclic) bond motifs is 1. The third-order valence-corrected chi connectivity index (χ3v) is 5.13. The molecule has 0 bridgehead atoms. The normalized spacial score (nSPS) is 16.0. The fraction of sp³-hybridized carbons (Fsp3) is 0.421. The Kier molecular flexibility index (Phi) is 4.36. The summed E-state index contributed by atoms with van der Waals surface area (Å²) in [6.07, 6.45) is 2.80. The van der Waals surface area contributed by atoms with Crippen molar-refractivity contribution in [2.75, 3.05) is 23.3 Å². The van der Waals surface area contributed by atoms with Gasteiger partial charge in [-0.3, -0.25) is 14.7 Å². The second kappa shape index (κ2) is 6.82. The first-order valence-electron chi connectivity index (χ1n) is 9.05. The van der Waals surface area contributed by atoms with Gasteiger partial charge in [-0.1, -0.05) is 12.1 Å². The summed E-state index contributed by atoms with van der Waals surface area (Å²) in [4.78, 5) is 28.0. The van der Waals surface area contributed by atoms with E-state index in [1.54, 1.807) is 11.8 Å². The molecular weight excluding hydrogens is 330 g/mol. The lowest BCUT2D eigenvalue weighted by molar-refractivity contribution is -0.129. The molecule has 2 aromatic rings. The molecule has 2 aliphatic rings. The molecule has 7 heteroatoms. The molecular formula is C19H23N5O2. The highest BCUT2D eigenvalue weighted by Crippen LogP contribution is 2.27. The molecule has 3 heterocycles. The van der Waals surface area contributed by atoms with Crippen molar-refractivity contribution in [1.29, 1.82) is 0 Å². The van der Waals surface area contributed by atoms with Crippen LogP contribution in [0.25, 0.3) is 0 Å². The van der Waals surface area contributed by atoms with Crippen LogP contribution >= 0.6 is 0 Å². The van der Waals surface area contributed by atoms with Gasteiger partial charge in [-0.15, -0.1) is 0 Å². The van der Waals surface area contributed by atoms with Crippen molar-refractivity contribution >= 4 is 23.3 Å². The van der Waals surface area contributed by atoms with Crippen LogP contribution in [0.4, 0.5) is 11.5 Å². The van der Waals surface area contributed by atoms with Gasteiger partial charge in [-0.2, -0.15) is 5.10 Å². The van der Waals surface area contributed by atoms with Crippen LogP contribution in [-0.2, 0) is 29.1 Å². The molecule has 0 saturated carbocycles. The third kappa shape index (κ3) is 3.29. The summed E-state index contributed by atoms with van der Waals surface area (Å²) >= 11 is 0. The van der Waals surface area contributed by atoms with E-state index in [-0.39, 0.29) is 11.8 Å². The SMILES string of the molecule is CC(=O)N1Cc2[nH]nc(NC(=O)Cc3ccc(N4CCCC4)cc3)c2C1. The van der Waals surface area contributed by atoms with Crippen molar-refractivity contribution in [3.8, 4) is 0 Å². The molecule has 1 saturated heterocycles. The van der Waals surface area contributed by atoms with Gasteiger partial charge in [-0.05, 0) is 30.5 Å². The summed E-state index contributed by atoms with van der Waals surface area (Å²) in [5.41, 5.74) is 3.99. The van der Waals surface area contributed by atoms with Crippen LogP contribution in [0, 0.1) is 0 Å². The maximum absolute atomic E-state index is 12.4. The monoisotopic (exact) mass is 353 g/mol. The smallest absolute Gasteiger partial charge is 0.230 e. The lowest BCUT2D eigenvalue weighted by Gasteiger charge is -2.17. The molecule has 1 fully saturated rings. The lowest BCUT2D eigenvalue weighted by atomic mass is 10.1. The maximum atomic E-state index is 12.4. The summed E-state index contributed by atoms with van der Waals surface area (Å²) in [6.45, 7) is 4.78. The van der Waals surface area contributed by atoms with Crippen LogP contribution in [0.3, 0.4) is 0 Å². The van der Waals surface area contributed by atoms with Gasteiger partial charge in [0.2, 0.25) is 11.8 Å². The zero-order valence-electron chi connectivity index (χ0n) is 14.9. The van der Waals surface area contributed by atoms with Gasteiger partial charge in [0, 0.05) is 31.3 Å². The number of H-pyrrole nitrogens is 1. The van der Waals surface area contributed by atoms with E-state index < -0.39 is 0 Å². The van der Waals surface area contributed by atoms with Crippen molar-refractivity contribution in [1.82, 2.24) is 15.1 Å². The number of aromatic amines is 1. The Morgan fingerprint density at radius 3 is 2.58 bits per heavy atom. The number of hydrogen-bond acceptors (Lipinski definition) is 4. The second-order valence-electron chi connectivity index (χ2n) is 6.99. The number of benzene rings is 1. The van der Waals surface area contributed by atoms with Gasteiger partial charge in [0.15, 0.2) is 5.82 Å². The van der Waals surface area contributed by atoms with E-state index in [2.05, 4.69) is 32.5 Å². The van der Waals surface area contributed by atoms with Crippen LogP contribution in [0.5, 0.6) is 0 Å². The van der Waals surface area contributed by atoms with Crippen molar-refractivity contribution < 1.29 is 9.59 Å². The van der Waals surface area contributed by atoms with Crippen molar-refractivity contribution in [3.63, 3.8) is 0 Å². The molecule has 1 aromatic heterocycles. The first kappa shape index (κ1) is 16.6. The topological polar surface area (TPSA) is 81.3 Å². The summed E-state index contributed by atoms with van der Waals surface area (Å²) in [6, 6.07) is 8.20. The molecule has 2 amide bonds. The van der Waals surface area contributed by atoms with Crippen LogP contribution in [0.2, 0.25) is 0 Å². The molecule has 0 aliphatic carbocycles. The highest BCUT2D eigenvalue weighted by molar-refractivity contribution is 5.92. The molecule has 7 nitrogen and oxygen atoms in total. The molecule has 1 aromatic carbocycles. The summed E-state index contributed by atoms with van der Waals surface area (Å²) in [5, 5.41) is 9.96. The van der Waals surface area contributed by atoms with Crippen molar-refractivity contribution in [2.24, 2.45) is 0 Å². The van der Waals surface area contributed by atoms with E-state index >= 15 is 0 Å². The average molecular weight is 353 g/mol. The third-order valence-electron chi connectivity index (χ3n) is 5.13. The molecule has 4 rings (SSSR count). The standard InChI is InChI=1S/C19H23N5O2/c1-13(25)24-11-16-17(12-24)21-22-19(16)20-18(26)10-14-4-6-15(7-5-14)23-8-2-3-9-23/h4-7H,2-3,8-12H2,1H3,(H2,20,21,22,26). The number of aromatic nitrogens is 2. The fourth-order valence-corrected chi connectivity index (χ4v) is 3.63. The number of nitrogens with zero attached hydrogens (tertiary/aromatic N) is 3. The number of carbonyl (C=O) groups is 2. The molecule has 2 N–H and O–H groups in total. The second-order valence-corrected chi connectivity index (χ2v) is 6.99. The van der Waals surface area contributed by atoms with Crippen molar-refractivity contribution in [3.05, 3.63) is 41.1 Å².